The topological polar surface area (TPSA) is 55.4 Å². The van der Waals surface area contributed by atoms with Crippen molar-refractivity contribution in [1.29, 1.82) is 0 Å². The van der Waals surface area contributed by atoms with Crippen LogP contribution in [0.3, 0.4) is 0 Å². The first-order valence-corrected chi connectivity index (χ1v) is 7.96. The third kappa shape index (κ3) is 3.37. The molecule has 1 aromatic rings. The van der Waals surface area contributed by atoms with Crippen molar-refractivity contribution in [3.8, 4) is 5.75 Å². The number of hydrogen-bond donors (Lipinski definition) is 1. The maximum absolute atomic E-state index is 11.3. The van der Waals surface area contributed by atoms with Gasteiger partial charge in [-0.2, -0.15) is 0 Å². The summed E-state index contributed by atoms with van der Waals surface area (Å²) in [5.41, 5.74) is 0.939. The standard InChI is InChI=1S/C12H16ClNO3S/c1-17-12-3-2-10(13)6-9(12)7-14-11-4-5-18(15,16)8-11/h2-3,6,11,14H,4-5,7-8H2,1H3/t11-/m1/s1. The van der Waals surface area contributed by atoms with E-state index in [1.165, 1.54) is 0 Å². The molecule has 1 heterocycles. The van der Waals surface area contributed by atoms with Gasteiger partial charge in [0.25, 0.3) is 0 Å². The van der Waals surface area contributed by atoms with Crippen LogP contribution >= 0.6 is 11.6 Å². The number of benzene rings is 1. The number of ether oxygens (including phenoxy) is 1. The molecule has 1 atom stereocenters. The Morgan fingerprint density at radius 1 is 1.50 bits per heavy atom. The van der Waals surface area contributed by atoms with Crippen LogP contribution in [0.15, 0.2) is 18.2 Å². The molecule has 1 saturated heterocycles. The van der Waals surface area contributed by atoms with Gasteiger partial charge in [0.2, 0.25) is 0 Å². The fourth-order valence-corrected chi connectivity index (χ4v) is 4.00. The lowest BCUT2D eigenvalue weighted by atomic mass is 10.2. The predicted octanol–water partition coefficient (Wildman–Crippen LogP) is 1.63. The lowest BCUT2D eigenvalue weighted by Gasteiger charge is -2.13. The molecule has 0 bridgehead atoms. The van der Waals surface area contributed by atoms with Crippen LogP contribution in [0, 0.1) is 0 Å². The molecule has 0 unspecified atom stereocenters. The Kier molecular flexibility index (Phi) is 4.14. The van der Waals surface area contributed by atoms with Gasteiger partial charge in [0.05, 0.1) is 18.6 Å². The summed E-state index contributed by atoms with van der Waals surface area (Å²) in [5.74, 6) is 1.25. The van der Waals surface area contributed by atoms with E-state index >= 15 is 0 Å². The Morgan fingerprint density at radius 2 is 2.28 bits per heavy atom. The number of halogens is 1. The van der Waals surface area contributed by atoms with Crippen LogP contribution in [0.4, 0.5) is 0 Å². The minimum absolute atomic E-state index is 0.0266. The van der Waals surface area contributed by atoms with Gasteiger partial charge >= 0.3 is 0 Å². The molecule has 2 rings (SSSR count). The van der Waals surface area contributed by atoms with Gasteiger partial charge in [-0.05, 0) is 24.6 Å². The van der Waals surface area contributed by atoms with Crippen molar-refractivity contribution in [2.45, 2.75) is 19.0 Å². The zero-order valence-electron chi connectivity index (χ0n) is 10.1. The molecule has 6 heteroatoms. The van der Waals surface area contributed by atoms with E-state index < -0.39 is 9.84 Å². The Morgan fingerprint density at radius 3 is 2.89 bits per heavy atom. The molecule has 0 spiro atoms. The first-order chi connectivity index (χ1) is 8.50. The zero-order chi connectivity index (χ0) is 13.2. The van der Waals surface area contributed by atoms with Gasteiger partial charge in [0, 0.05) is 23.2 Å². The van der Waals surface area contributed by atoms with Crippen molar-refractivity contribution in [3.63, 3.8) is 0 Å². The molecule has 100 valence electrons. The summed E-state index contributed by atoms with van der Waals surface area (Å²) in [7, 11) is -1.24. The Bertz CT molecular complexity index is 530. The SMILES string of the molecule is COc1ccc(Cl)cc1CN[C@@H]1CCS(=O)(=O)C1. The summed E-state index contributed by atoms with van der Waals surface area (Å²) in [6.07, 6.45) is 0.672. The van der Waals surface area contributed by atoms with E-state index in [0.29, 0.717) is 18.0 Å². The first kappa shape index (κ1) is 13.6. The molecule has 0 radical (unpaired) electrons. The van der Waals surface area contributed by atoms with Crippen LogP contribution in [-0.2, 0) is 16.4 Å². The minimum Gasteiger partial charge on any atom is -0.496 e. The first-order valence-electron chi connectivity index (χ1n) is 5.76. The molecule has 1 aromatic carbocycles. The van der Waals surface area contributed by atoms with Gasteiger partial charge in [0.15, 0.2) is 9.84 Å². The Hall–Kier alpha value is -0.780. The van der Waals surface area contributed by atoms with E-state index in [4.69, 9.17) is 16.3 Å². The van der Waals surface area contributed by atoms with Crippen molar-refractivity contribution in [2.24, 2.45) is 0 Å². The van der Waals surface area contributed by atoms with Crippen LogP contribution in [0.1, 0.15) is 12.0 Å². The predicted molar refractivity (Wildman–Crippen MR) is 71.9 cm³/mol. The molecular weight excluding hydrogens is 274 g/mol. The maximum Gasteiger partial charge on any atom is 0.151 e. The average Bonchev–Trinajstić information content (AvgIpc) is 2.66. The van der Waals surface area contributed by atoms with Crippen molar-refractivity contribution < 1.29 is 13.2 Å². The van der Waals surface area contributed by atoms with E-state index in [0.717, 1.165) is 11.3 Å². The Balaban J connectivity index is 2.00. The smallest absolute Gasteiger partial charge is 0.151 e. The van der Waals surface area contributed by atoms with E-state index in [2.05, 4.69) is 5.32 Å². The van der Waals surface area contributed by atoms with Crippen molar-refractivity contribution >= 4 is 21.4 Å². The highest BCUT2D eigenvalue weighted by Crippen LogP contribution is 2.23. The Labute approximate surface area is 112 Å². The van der Waals surface area contributed by atoms with Crippen LogP contribution in [0.5, 0.6) is 5.75 Å². The normalized spacial score (nSPS) is 22.0. The number of hydrogen-bond acceptors (Lipinski definition) is 4. The van der Waals surface area contributed by atoms with Crippen molar-refractivity contribution in [1.82, 2.24) is 5.32 Å². The van der Waals surface area contributed by atoms with Crippen LogP contribution in [0.2, 0.25) is 5.02 Å². The fourth-order valence-electron chi connectivity index (χ4n) is 2.10. The molecule has 0 aromatic heterocycles. The number of methoxy groups -OCH3 is 1. The minimum atomic E-state index is -2.84. The second kappa shape index (κ2) is 5.47. The van der Waals surface area contributed by atoms with E-state index in [1.54, 1.807) is 13.2 Å². The van der Waals surface area contributed by atoms with Crippen molar-refractivity contribution in [2.75, 3.05) is 18.6 Å². The van der Waals surface area contributed by atoms with Gasteiger partial charge < -0.3 is 10.1 Å². The highest BCUT2D eigenvalue weighted by molar-refractivity contribution is 7.91. The molecule has 1 N–H and O–H groups in total. The summed E-state index contributed by atoms with van der Waals surface area (Å²) in [4.78, 5) is 0. The molecular formula is C12H16ClNO3S. The van der Waals surface area contributed by atoms with Crippen molar-refractivity contribution in [3.05, 3.63) is 28.8 Å². The maximum atomic E-state index is 11.3. The molecule has 0 amide bonds. The molecule has 1 fully saturated rings. The summed E-state index contributed by atoms with van der Waals surface area (Å²) < 4.78 is 27.9. The van der Waals surface area contributed by atoms with Gasteiger partial charge in [-0.3, -0.25) is 0 Å². The van der Waals surface area contributed by atoms with Crippen LogP contribution in [0.25, 0.3) is 0 Å². The van der Waals surface area contributed by atoms with E-state index in [1.807, 2.05) is 12.1 Å². The van der Waals surface area contributed by atoms with E-state index in [9.17, 15) is 8.42 Å². The summed E-state index contributed by atoms with van der Waals surface area (Å²) in [5, 5.41) is 3.88. The summed E-state index contributed by atoms with van der Waals surface area (Å²) >= 11 is 5.94. The molecule has 18 heavy (non-hydrogen) atoms. The molecule has 0 saturated carbocycles. The van der Waals surface area contributed by atoms with E-state index in [-0.39, 0.29) is 17.5 Å². The van der Waals surface area contributed by atoms with Crippen LogP contribution in [-0.4, -0.2) is 33.1 Å². The second-order valence-electron chi connectivity index (χ2n) is 4.44. The summed E-state index contributed by atoms with van der Waals surface area (Å²) in [6, 6.07) is 5.43. The number of nitrogens with one attached hydrogen (secondary N) is 1. The number of sulfone groups is 1. The number of rotatable bonds is 4. The largest absolute Gasteiger partial charge is 0.496 e. The third-order valence-electron chi connectivity index (χ3n) is 3.06. The zero-order valence-corrected chi connectivity index (χ0v) is 11.7. The second-order valence-corrected chi connectivity index (χ2v) is 7.10. The summed E-state index contributed by atoms with van der Waals surface area (Å²) in [6.45, 7) is 0.559. The highest BCUT2D eigenvalue weighted by atomic mass is 35.5. The quantitative estimate of drug-likeness (QED) is 0.915. The molecule has 0 aliphatic carbocycles. The lowest BCUT2D eigenvalue weighted by Crippen LogP contribution is -2.29. The van der Waals surface area contributed by atoms with Gasteiger partial charge in [-0.15, -0.1) is 0 Å². The lowest BCUT2D eigenvalue weighted by molar-refractivity contribution is 0.406. The monoisotopic (exact) mass is 289 g/mol. The average molecular weight is 290 g/mol. The molecule has 4 nitrogen and oxygen atoms in total. The third-order valence-corrected chi connectivity index (χ3v) is 5.06. The van der Waals surface area contributed by atoms with Gasteiger partial charge in [-0.25, -0.2) is 8.42 Å². The highest BCUT2D eigenvalue weighted by Gasteiger charge is 2.27. The molecule has 1 aliphatic rings. The fraction of sp³-hybridized carbons (Fsp3) is 0.500. The van der Waals surface area contributed by atoms with Gasteiger partial charge in [0.1, 0.15) is 5.75 Å². The molecule has 1 aliphatic heterocycles. The van der Waals surface area contributed by atoms with Crippen LogP contribution < -0.4 is 10.1 Å². The van der Waals surface area contributed by atoms with Gasteiger partial charge in [-0.1, -0.05) is 11.6 Å².